The summed E-state index contributed by atoms with van der Waals surface area (Å²) in [5.74, 6) is 1.75. The number of hydrogen-bond acceptors (Lipinski definition) is 3. The summed E-state index contributed by atoms with van der Waals surface area (Å²) in [7, 11) is 3.60. The van der Waals surface area contributed by atoms with E-state index in [4.69, 9.17) is 9.15 Å². The van der Waals surface area contributed by atoms with E-state index in [0.717, 1.165) is 28.9 Å². The molecule has 0 aliphatic heterocycles. The standard InChI is InChI=1S/C14H19NO2/c1-5-10-6-11-8-12(9(2)15-3)17-14(11)13(7-10)16-4/h6-9,15H,5H2,1-4H3. The first-order valence-electron chi connectivity index (χ1n) is 5.97. The van der Waals surface area contributed by atoms with Crippen LogP contribution in [-0.2, 0) is 6.42 Å². The van der Waals surface area contributed by atoms with E-state index in [1.807, 2.05) is 13.1 Å². The van der Waals surface area contributed by atoms with Gasteiger partial charge in [0.2, 0.25) is 0 Å². The third kappa shape index (κ3) is 2.15. The van der Waals surface area contributed by atoms with Crippen LogP contribution in [0.2, 0.25) is 0 Å². The lowest BCUT2D eigenvalue weighted by molar-refractivity contribution is 0.402. The summed E-state index contributed by atoms with van der Waals surface area (Å²) >= 11 is 0. The molecule has 2 aromatic rings. The van der Waals surface area contributed by atoms with Gasteiger partial charge in [-0.05, 0) is 44.2 Å². The molecular formula is C14H19NO2. The van der Waals surface area contributed by atoms with Crippen LogP contribution in [0.5, 0.6) is 5.75 Å². The predicted octanol–water partition coefficient (Wildman–Crippen LogP) is 3.28. The van der Waals surface area contributed by atoms with Crippen molar-refractivity contribution in [3.05, 3.63) is 29.5 Å². The van der Waals surface area contributed by atoms with Gasteiger partial charge in [-0.25, -0.2) is 0 Å². The Morgan fingerprint density at radius 2 is 2.12 bits per heavy atom. The van der Waals surface area contributed by atoms with Crippen molar-refractivity contribution in [2.24, 2.45) is 0 Å². The van der Waals surface area contributed by atoms with Crippen LogP contribution in [0.15, 0.2) is 22.6 Å². The molecule has 0 saturated carbocycles. The van der Waals surface area contributed by atoms with E-state index < -0.39 is 0 Å². The van der Waals surface area contributed by atoms with Crippen LogP contribution >= 0.6 is 0 Å². The van der Waals surface area contributed by atoms with Crippen molar-refractivity contribution < 1.29 is 9.15 Å². The predicted molar refractivity (Wildman–Crippen MR) is 69.6 cm³/mol. The van der Waals surface area contributed by atoms with Gasteiger partial charge in [0, 0.05) is 5.39 Å². The molecule has 0 bridgehead atoms. The Morgan fingerprint density at radius 3 is 2.71 bits per heavy atom. The van der Waals surface area contributed by atoms with Crippen molar-refractivity contribution in [3.8, 4) is 5.75 Å². The molecule has 92 valence electrons. The molecule has 1 aromatic carbocycles. The minimum absolute atomic E-state index is 0.206. The number of fused-ring (bicyclic) bond motifs is 1. The zero-order valence-corrected chi connectivity index (χ0v) is 10.8. The van der Waals surface area contributed by atoms with Gasteiger partial charge in [0.1, 0.15) is 5.76 Å². The number of furan rings is 1. The molecule has 0 radical (unpaired) electrons. The van der Waals surface area contributed by atoms with Gasteiger partial charge in [-0.2, -0.15) is 0 Å². The van der Waals surface area contributed by atoms with Gasteiger partial charge in [0.05, 0.1) is 13.2 Å². The smallest absolute Gasteiger partial charge is 0.176 e. The monoisotopic (exact) mass is 233 g/mol. The van der Waals surface area contributed by atoms with Crippen molar-refractivity contribution in [1.29, 1.82) is 0 Å². The molecule has 0 amide bonds. The molecule has 0 saturated heterocycles. The molecule has 17 heavy (non-hydrogen) atoms. The second-order valence-corrected chi connectivity index (χ2v) is 4.23. The fourth-order valence-corrected chi connectivity index (χ4v) is 1.91. The van der Waals surface area contributed by atoms with E-state index >= 15 is 0 Å². The molecule has 0 fully saturated rings. The summed E-state index contributed by atoms with van der Waals surface area (Å²) in [5, 5.41) is 4.28. The summed E-state index contributed by atoms with van der Waals surface area (Å²) in [6.45, 7) is 4.21. The number of rotatable bonds is 4. The highest BCUT2D eigenvalue weighted by atomic mass is 16.5. The van der Waals surface area contributed by atoms with Crippen LogP contribution < -0.4 is 10.1 Å². The first kappa shape index (κ1) is 12.0. The fourth-order valence-electron chi connectivity index (χ4n) is 1.91. The first-order valence-corrected chi connectivity index (χ1v) is 5.97. The highest BCUT2D eigenvalue weighted by molar-refractivity contribution is 5.84. The highest BCUT2D eigenvalue weighted by Crippen LogP contribution is 2.32. The average molecular weight is 233 g/mol. The van der Waals surface area contributed by atoms with E-state index in [-0.39, 0.29) is 6.04 Å². The molecule has 0 aliphatic carbocycles. The Bertz CT molecular complexity index is 516. The Kier molecular flexibility index (Phi) is 3.38. The molecule has 1 unspecified atom stereocenters. The quantitative estimate of drug-likeness (QED) is 0.880. The highest BCUT2D eigenvalue weighted by Gasteiger charge is 2.13. The lowest BCUT2D eigenvalue weighted by atomic mass is 10.1. The molecule has 2 rings (SSSR count). The van der Waals surface area contributed by atoms with Gasteiger partial charge in [-0.1, -0.05) is 6.92 Å². The molecule has 1 aromatic heterocycles. The summed E-state index contributed by atoms with van der Waals surface area (Å²) in [6, 6.07) is 6.49. The second kappa shape index (κ2) is 4.80. The van der Waals surface area contributed by atoms with Gasteiger partial charge >= 0.3 is 0 Å². The number of ether oxygens (including phenoxy) is 1. The van der Waals surface area contributed by atoms with Crippen molar-refractivity contribution in [2.45, 2.75) is 26.3 Å². The van der Waals surface area contributed by atoms with E-state index in [0.29, 0.717) is 0 Å². The zero-order chi connectivity index (χ0) is 12.4. The van der Waals surface area contributed by atoms with E-state index in [2.05, 4.69) is 31.3 Å². The maximum absolute atomic E-state index is 5.85. The van der Waals surface area contributed by atoms with E-state index in [9.17, 15) is 0 Å². The topological polar surface area (TPSA) is 34.4 Å². The zero-order valence-electron chi connectivity index (χ0n) is 10.8. The van der Waals surface area contributed by atoms with E-state index in [1.165, 1.54) is 5.56 Å². The molecule has 3 nitrogen and oxygen atoms in total. The molecule has 3 heteroatoms. The van der Waals surface area contributed by atoms with Gasteiger partial charge in [0.25, 0.3) is 0 Å². The SMILES string of the molecule is CCc1cc(OC)c2oc(C(C)NC)cc2c1. The normalized spacial score (nSPS) is 12.9. The van der Waals surface area contributed by atoms with Gasteiger partial charge in [-0.3, -0.25) is 0 Å². The second-order valence-electron chi connectivity index (χ2n) is 4.23. The Morgan fingerprint density at radius 1 is 1.35 bits per heavy atom. The minimum atomic E-state index is 0.206. The number of nitrogens with one attached hydrogen (secondary N) is 1. The van der Waals surface area contributed by atoms with Crippen molar-refractivity contribution in [2.75, 3.05) is 14.2 Å². The van der Waals surface area contributed by atoms with Crippen LogP contribution in [0.1, 0.15) is 31.2 Å². The molecule has 0 spiro atoms. The average Bonchev–Trinajstić information content (AvgIpc) is 2.80. The molecular weight excluding hydrogens is 214 g/mol. The van der Waals surface area contributed by atoms with Crippen LogP contribution in [-0.4, -0.2) is 14.2 Å². The minimum Gasteiger partial charge on any atom is -0.493 e. The van der Waals surface area contributed by atoms with Crippen molar-refractivity contribution in [1.82, 2.24) is 5.32 Å². The first-order chi connectivity index (χ1) is 8.19. The lowest BCUT2D eigenvalue weighted by Crippen LogP contribution is -2.10. The van der Waals surface area contributed by atoms with Crippen LogP contribution in [0, 0.1) is 0 Å². The number of benzene rings is 1. The molecule has 1 heterocycles. The van der Waals surface area contributed by atoms with Gasteiger partial charge in [-0.15, -0.1) is 0 Å². The maximum Gasteiger partial charge on any atom is 0.176 e. The largest absolute Gasteiger partial charge is 0.493 e. The van der Waals surface area contributed by atoms with Gasteiger partial charge < -0.3 is 14.5 Å². The number of aryl methyl sites for hydroxylation is 1. The Hall–Kier alpha value is -1.48. The van der Waals surface area contributed by atoms with Crippen LogP contribution in [0.4, 0.5) is 0 Å². The number of methoxy groups -OCH3 is 1. The van der Waals surface area contributed by atoms with Crippen LogP contribution in [0.3, 0.4) is 0 Å². The fraction of sp³-hybridized carbons (Fsp3) is 0.429. The number of hydrogen-bond donors (Lipinski definition) is 1. The van der Waals surface area contributed by atoms with Crippen molar-refractivity contribution in [3.63, 3.8) is 0 Å². The summed E-state index contributed by atoms with van der Waals surface area (Å²) in [5.41, 5.74) is 2.10. The Labute approximate surface area is 102 Å². The third-order valence-corrected chi connectivity index (χ3v) is 3.15. The Balaban J connectivity index is 2.58. The summed E-state index contributed by atoms with van der Waals surface area (Å²) in [6.07, 6.45) is 0.994. The van der Waals surface area contributed by atoms with Gasteiger partial charge in [0.15, 0.2) is 11.3 Å². The third-order valence-electron chi connectivity index (χ3n) is 3.15. The van der Waals surface area contributed by atoms with Crippen LogP contribution in [0.25, 0.3) is 11.0 Å². The maximum atomic E-state index is 5.85. The van der Waals surface area contributed by atoms with E-state index in [1.54, 1.807) is 7.11 Å². The van der Waals surface area contributed by atoms with Crippen molar-refractivity contribution >= 4 is 11.0 Å². The molecule has 0 aliphatic rings. The molecule has 1 N–H and O–H groups in total. The molecule has 1 atom stereocenters. The summed E-state index contributed by atoms with van der Waals surface area (Å²) in [4.78, 5) is 0. The summed E-state index contributed by atoms with van der Waals surface area (Å²) < 4.78 is 11.2. The lowest BCUT2D eigenvalue weighted by Gasteiger charge is -2.05.